The number of aliphatic carboxylic acids is 1. The molecule has 1 atom stereocenters. The van der Waals surface area contributed by atoms with Crippen LogP contribution in [0.5, 0.6) is 5.88 Å². The van der Waals surface area contributed by atoms with Crippen molar-refractivity contribution in [3.05, 3.63) is 65.4 Å². The second-order valence-electron chi connectivity index (χ2n) is 8.92. The van der Waals surface area contributed by atoms with E-state index < -0.39 is 5.97 Å². The number of nitrogens with one attached hydrogen (secondary N) is 1. The molecule has 0 radical (unpaired) electrons. The number of thiazole rings is 1. The summed E-state index contributed by atoms with van der Waals surface area (Å²) in [6.45, 7) is 0.833. The van der Waals surface area contributed by atoms with Crippen LogP contribution in [-0.2, 0) is 16.0 Å². The molecule has 0 spiro atoms. The fourth-order valence-corrected chi connectivity index (χ4v) is 5.53. The second kappa shape index (κ2) is 11.1. The Morgan fingerprint density at radius 3 is 2.71 bits per heavy atom. The Kier molecular flexibility index (Phi) is 7.47. The van der Waals surface area contributed by atoms with E-state index in [1.165, 1.54) is 18.4 Å². The predicted octanol–water partition coefficient (Wildman–Crippen LogP) is 3.71. The Hall–Kier alpha value is -4.09. The van der Waals surface area contributed by atoms with Crippen LogP contribution in [0.3, 0.4) is 0 Å². The van der Waals surface area contributed by atoms with Crippen LogP contribution >= 0.6 is 11.3 Å². The average molecular weight is 534 g/mol. The number of nitrogens with zero attached hydrogens (tertiary/aromatic N) is 4. The van der Waals surface area contributed by atoms with Crippen molar-refractivity contribution in [2.45, 2.75) is 18.9 Å². The number of carboxylic acid groups (broad SMARTS) is 1. The molecule has 10 nitrogen and oxygen atoms in total. The number of hydrogen-bond acceptors (Lipinski definition) is 9. The number of likely N-dealkylation sites (tertiary alicyclic amines) is 1. The Balaban J connectivity index is 1.56. The number of carbonyl (C=O) groups excluding carboxylic acids is 1. The molecule has 0 saturated carbocycles. The number of fused-ring (bicyclic) bond motifs is 1. The zero-order valence-corrected chi connectivity index (χ0v) is 21.8. The molecule has 196 valence electrons. The molecule has 1 aliphatic heterocycles. The molecule has 1 aliphatic rings. The van der Waals surface area contributed by atoms with E-state index in [0.717, 1.165) is 28.3 Å². The molecular formula is C27H27N5O5S. The fourth-order valence-electron chi connectivity index (χ4n) is 4.58. The van der Waals surface area contributed by atoms with E-state index in [2.05, 4.69) is 44.8 Å². The van der Waals surface area contributed by atoms with E-state index in [1.54, 1.807) is 18.1 Å². The van der Waals surface area contributed by atoms with Crippen LogP contribution in [0.4, 0.5) is 5.00 Å². The summed E-state index contributed by atoms with van der Waals surface area (Å²) in [7, 11) is 3.12. The van der Waals surface area contributed by atoms with E-state index in [-0.39, 0.29) is 30.1 Å². The zero-order valence-electron chi connectivity index (χ0n) is 21.0. The van der Waals surface area contributed by atoms with E-state index in [4.69, 9.17) is 14.6 Å². The molecule has 4 aromatic rings. The highest BCUT2D eigenvalue weighted by Gasteiger charge is 2.29. The summed E-state index contributed by atoms with van der Waals surface area (Å²) in [5.74, 6) is -0.922. The minimum Gasteiger partial charge on any atom is -0.480 e. The third-order valence-corrected chi connectivity index (χ3v) is 7.51. The van der Waals surface area contributed by atoms with Crippen molar-refractivity contribution < 1.29 is 24.2 Å². The van der Waals surface area contributed by atoms with Crippen molar-refractivity contribution in [2.24, 2.45) is 0 Å². The quantitative estimate of drug-likeness (QED) is 0.331. The first-order valence-corrected chi connectivity index (χ1v) is 12.9. The lowest BCUT2D eigenvalue weighted by molar-refractivity contribution is -0.134. The Bertz CT molecular complexity index is 1480. The van der Waals surface area contributed by atoms with Crippen LogP contribution in [0.1, 0.15) is 28.0 Å². The van der Waals surface area contributed by atoms with Crippen molar-refractivity contribution >= 4 is 39.0 Å². The fraction of sp³-hybridized carbons (Fsp3) is 0.296. The van der Waals surface area contributed by atoms with Gasteiger partial charge < -0.3 is 24.8 Å². The summed E-state index contributed by atoms with van der Waals surface area (Å²) >= 11 is 1.23. The van der Waals surface area contributed by atoms with Gasteiger partial charge in [-0.3, -0.25) is 9.59 Å². The van der Waals surface area contributed by atoms with E-state index in [0.29, 0.717) is 35.2 Å². The molecule has 2 N–H and O–H groups in total. The minimum absolute atomic E-state index is 0.0147. The first-order valence-electron chi connectivity index (χ1n) is 12.1. The molecule has 1 fully saturated rings. The number of rotatable bonds is 9. The highest BCUT2D eigenvalue weighted by atomic mass is 32.1. The zero-order chi connectivity index (χ0) is 26.6. The van der Waals surface area contributed by atoms with Gasteiger partial charge in [0.25, 0.3) is 5.91 Å². The third kappa shape index (κ3) is 5.29. The van der Waals surface area contributed by atoms with Crippen molar-refractivity contribution in [1.82, 2.24) is 20.1 Å². The lowest BCUT2D eigenvalue weighted by Crippen LogP contribution is -2.31. The van der Waals surface area contributed by atoms with Gasteiger partial charge in [-0.1, -0.05) is 53.8 Å². The van der Waals surface area contributed by atoms with Crippen LogP contribution in [0.25, 0.3) is 21.5 Å². The molecule has 5 rings (SSSR count). The Morgan fingerprint density at radius 1 is 1.13 bits per heavy atom. The lowest BCUT2D eigenvalue weighted by Gasteiger charge is -2.16. The van der Waals surface area contributed by atoms with Gasteiger partial charge >= 0.3 is 5.97 Å². The van der Waals surface area contributed by atoms with Crippen LogP contribution in [0.2, 0.25) is 0 Å². The maximum absolute atomic E-state index is 13.3. The van der Waals surface area contributed by atoms with Crippen molar-refractivity contribution in [2.75, 3.05) is 39.2 Å². The van der Waals surface area contributed by atoms with Gasteiger partial charge in [-0.25, -0.2) is 0 Å². The largest absolute Gasteiger partial charge is 0.480 e. The van der Waals surface area contributed by atoms with Crippen LogP contribution in [-0.4, -0.2) is 77.0 Å². The number of anilines is 1. The van der Waals surface area contributed by atoms with Crippen molar-refractivity contribution in [3.8, 4) is 16.6 Å². The maximum atomic E-state index is 13.3. The lowest BCUT2D eigenvalue weighted by atomic mass is 9.97. The molecule has 1 unspecified atom stereocenters. The molecule has 2 aromatic heterocycles. The Labute approximate surface area is 223 Å². The average Bonchev–Trinajstić information content (AvgIpc) is 3.59. The first-order chi connectivity index (χ1) is 18.5. The van der Waals surface area contributed by atoms with Crippen LogP contribution in [0, 0.1) is 0 Å². The number of methoxy groups -OCH3 is 2. The van der Waals surface area contributed by atoms with Gasteiger partial charge in [-0.05, 0) is 34.4 Å². The highest BCUT2D eigenvalue weighted by Crippen LogP contribution is 2.38. The number of carboxylic acids is 1. The van der Waals surface area contributed by atoms with E-state index in [1.807, 2.05) is 18.2 Å². The van der Waals surface area contributed by atoms with E-state index >= 15 is 0 Å². The molecule has 38 heavy (non-hydrogen) atoms. The number of benzene rings is 2. The molecular weight excluding hydrogens is 506 g/mol. The van der Waals surface area contributed by atoms with Gasteiger partial charge in [0.15, 0.2) is 10.7 Å². The standard InChI is InChI=1S/C27H27N5O5S/c1-36-19-10-11-32(15-19)27(35)21-13-18(12-17-8-5-7-16-6-3-4-9-20(16)17)23(31-30-21)25-29-24(37-2)26(38-25)28-14-22(33)34/h3-9,13,19,28H,10-12,14-15H2,1-2H3,(H,33,34). The van der Waals surface area contributed by atoms with Gasteiger partial charge in [0, 0.05) is 26.6 Å². The number of aromatic nitrogens is 3. The summed E-state index contributed by atoms with van der Waals surface area (Å²) in [6, 6.07) is 16.0. The SMILES string of the molecule is COc1nc(-c2nnc(C(=O)N3CCC(OC)C3)cc2Cc2cccc3ccccc23)sc1NCC(=O)O. The first kappa shape index (κ1) is 25.6. The topological polar surface area (TPSA) is 127 Å². The second-order valence-corrected chi connectivity index (χ2v) is 9.92. The third-order valence-electron chi connectivity index (χ3n) is 6.51. The highest BCUT2D eigenvalue weighted by molar-refractivity contribution is 7.19. The van der Waals surface area contributed by atoms with Crippen LogP contribution < -0.4 is 10.1 Å². The number of carbonyl (C=O) groups is 2. The van der Waals surface area contributed by atoms with Crippen LogP contribution in [0.15, 0.2) is 48.5 Å². The van der Waals surface area contributed by atoms with Gasteiger partial charge in [-0.15, -0.1) is 10.2 Å². The summed E-state index contributed by atoms with van der Waals surface area (Å²) in [4.78, 5) is 30.7. The summed E-state index contributed by atoms with van der Waals surface area (Å²) in [5, 5.41) is 23.9. The molecule has 0 bridgehead atoms. The Morgan fingerprint density at radius 2 is 1.95 bits per heavy atom. The normalized spacial score (nSPS) is 15.1. The predicted molar refractivity (Wildman–Crippen MR) is 144 cm³/mol. The summed E-state index contributed by atoms with van der Waals surface area (Å²) < 4.78 is 10.8. The summed E-state index contributed by atoms with van der Waals surface area (Å²) in [6.07, 6.45) is 1.29. The summed E-state index contributed by atoms with van der Waals surface area (Å²) in [5.41, 5.74) is 2.62. The molecule has 2 aromatic carbocycles. The number of ether oxygens (including phenoxy) is 2. The van der Waals surface area contributed by atoms with Crippen molar-refractivity contribution in [3.63, 3.8) is 0 Å². The molecule has 1 saturated heterocycles. The van der Waals surface area contributed by atoms with Gasteiger partial charge in [0.05, 0.1) is 13.2 Å². The van der Waals surface area contributed by atoms with Gasteiger partial charge in [0.1, 0.15) is 17.2 Å². The molecule has 3 heterocycles. The maximum Gasteiger partial charge on any atom is 0.322 e. The smallest absolute Gasteiger partial charge is 0.322 e. The molecule has 0 aliphatic carbocycles. The van der Waals surface area contributed by atoms with Gasteiger partial charge in [0.2, 0.25) is 5.88 Å². The molecule has 1 amide bonds. The number of amides is 1. The van der Waals surface area contributed by atoms with Crippen molar-refractivity contribution in [1.29, 1.82) is 0 Å². The number of hydrogen-bond donors (Lipinski definition) is 2. The minimum atomic E-state index is -1.00. The monoisotopic (exact) mass is 533 g/mol. The molecule has 11 heteroatoms. The van der Waals surface area contributed by atoms with E-state index in [9.17, 15) is 9.59 Å². The van der Waals surface area contributed by atoms with Gasteiger partial charge in [-0.2, -0.15) is 4.98 Å².